The second-order valence-corrected chi connectivity index (χ2v) is 7.81. The number of rotatable bonds is 4. The van der Waals surface area contributed by atoms with Crippen molar-refractivity contribution < 1.29 is 23.8 Å². The van der Waals surface area contributed by atoms with Crippen LogP contribution in [0, 0.1) is 12.7 Å². The Morgan fingerprint density at radius 3 is 2.28 bits per heavy atom. The normalized spacial score (nSPS) is 17.6. The lowest BCUT2D eigenvalue weighted by atomic mass is 9.95. The molecule has 3 aromatic carbocycles. The van der Waals surface area contributed by atoms with Gasteiger partial charge in [0.25, 0.3) is 11.7 Å². The third-order valence-electron chi connectivity index (χ3n) is 5.38. The van der Waals surface area contributed by atoms with Gasteiger partial charge in [-0.2, -0.15) is 0 Å². The maximum atomic E-state index is 13.8. The van der Waals surface area contributed by atoms with Crippen LogP contribution in [-0.4, -0.2) is 23.9 Å². The minimum absolute atomic E-state index is 0.0653. The molecule has 1 heterocycles. The first kappa shape index (κ1) is 21.6. The van der Waals surface area contributed by atoms with Gasteiger partial charge in [0.15, 0.2) is 0 Å². The van der Waals surface area contributed by atoms with E-state index in [1.165, 1.54) is 24.1 Å². The van der Waals surface area contributed by atoms with E-state index in [1.807, 2.05) is 6.92 Å². The molecule has 0 spiro atoms. The van der Waals surface area contributed by atoms with Crippen LogP contribution in [0.3, 0.4) is 0 Å². The number of ether oxygens (including phenoxy) is 1. The number of carbonyl (C=O) groups excluding carboxylic acids is 2. The van der Waals surface area contributed by atoms with Crippen LogP contribution in [0.5, 0.6) is 5.75 Å². The number of hydrogen-bond acceptors (Lipinski definition) is 4. The molecule has 1 saturated heterocycles. The zero-order valence-corrected chi connectivity index (χ0v) is 18.1. The van der Waals surface area contributed by atoms with Crippen LogP contribution in [-0.2, 0) is 9.59 Å². The van der Waals surface area contributed by atoms with Crippen LogP contribution in [0.2, 0.25) is 5.02 Å². The minimum Gasteiger partial charge on any atom is -0.507 e. The molecule has 0 aliphatic carbocycles. The fourth-order valence-corrected chi connectivity index (χ4v) is 3.88. The van der Waals surface area contributed by atoms with Crippen LogP contribution in [0.4, 0.5) is 10.1 Å². The summed E-state index contributed by atoms with van der Waals surface area (Å²) in [5, 5.41) is 10.9. The van der Waals surface area contributed by atoms with Crippen LogP contribution in [0.15, 0.2) is 72.3 Å². The molecule has 0 aromatic heterocycles. The quantitative estimate of drug-likeness (QED) is 0.326. The lowest BCUT2D eigenvalue weighted by Gasteiger charge is -2.25. The van der Waals surface area contributed by atoms with Crippen molar-refractivity contribution in [2.24, 2.45) is 0 Å². The van der Waals surface area contributed by atoms with Crippen molar-refractivity contribution in [2.45, 2.75) is 13.0 Å². The number of halogens is 2. The Morgan fingerprint density at radius 1 is 1.03 bits per heavy atom. The van der Waals surface area contributed by atoms with Gasteiger partial charge in [-0.3, -0.25) is 14.5 Å². The van der Waals surface area contributed by atoms with E-state index in [4.69, 9.17) is 16.3 Å². The van der Waals surface area contributed by atoms with Crippen molar-refractivity contribution in [1.29, 1.82) is 0 Å². The number of aliphatic hydroxyl groups excluding tert-OH is 1. The van der Waals surface area contributed by atoms with Crippen molar-refractivity contribution >= 4 is 34.7 Å². The lowest BCUT2D eigenvalue weighted by Crippen LogP contribution is -2.29. The molecule has 1 amide bonds. The molecule has 5 nitrogen and oxygen atoms in total. The Balaban J connectivity index is 1.94. The Hall–Kier alpha value is -3.64. The van der Waals surface area contributed by atoms with E-state index < -0.39 is 23.5 Å². The molecule has 1 fully saturated rings. The Kier molecular flexibility index (Phi) is 5.72. The highest BCUT2D eigenvalue weighted by atomic mass is 35.5. The number of aryl methyl sites for hydroxylation is 1. The molecule has 1 aliphatic heterocycles. The molecular formula is C25H19ClFNO4. The maximum Gasteiger partial charge on any atom is 0.300 e. The molecule has 1 N–H and O–H groups in total. The van der Waals surface area contributed by atoms with Gasteiger partial charge in [-0.05, 0) is 42.8 Å². The number of Topliss-reactive ketones (excluding diaryl/α,β-unsaturated/α-hetero) is 1. The van der Waals surface area contributed by atoms with Gasteiger partial charge in [0.2, 0.25) is 0 Å². The number of anilines is 1. The average Bonchev–Trinajstić information content (AvgIpc) is 3.06. The van der Waals surface area contributed by atoms with E-state index in [2.05, 4.69) is 0 Å². The molecule has 0 bridgehead atoms. The van der Waals surface area contributed by atoms with Gasteiger partial charge < -0.3 is 9.84 Å². The first-order chi connectivity index (χ1) is 15.3. The van der Waals surface area contributed by atoms with E-state index in [-0.39, 0.29) is 22.0 Å². The number of hydrogen-bond donors (Lipinski definition) is 1. The second kappa shape index (κ2) is 8.48. The predicted molar refractivity (Wildman–Crippen MR) is 120 cm³/mol. The molecule has 1 atom stereocenters. The lowest BCUT2D eigenvalue weighted by molar-refractivity contribution is -0.132. The highest BCUT2D eigenvalue weighted by Crippen LogP contribution is 2.43. The standard InChI is InChI=1S/C25H19ClFNO4/c1-14-3-5-16(6-4-14)23(29)21-22(15-7-10-18(32-2)11-8-15)28(25(31)24(21)30)17-9-12-20(27)19(26)13-17/h3-13,22,29H,1-2H3/b23-21+. The van der Waals surface area contributed by atoms with Crippen molar-refractivity contribution in [2.75, 3.05) is 12.0 Å². The topological polar surface area (TPSA) is 66.8 Å². The molecule has 3 aromatic rings. The van der Waals surface area contributed by atoms with Crippen LogP contribution >= 0.6 is 11.6 Å². The van der Waals surface area contributed by atoms with Crippen LogP contribution in [0.25, 0.3) is 5.76 Å². The number of aliphatic hydroxyl groups is 1. The third kappa shape index (κ3) is 3.74. The molecule has 4 rings (SSSR count). The minimum atomic E-state index is -0.941. The smallest absolute Gasteiger partial charge is 0.300 e. The predicted octanol–water partition coefficient (Wildman–Crippen LogP) is 5.42. The zero-order valence-electron chi connectivity index (χ0n) is 17.3. The van der Waals surface area contributed by atoms with E-state index in [1.54, 1.807) is 48.5 Å². The van der Waals surface area contributed by atoms with Crippen molar-refractivity contribution in [1.82, 2.24) is 0 Å². The molecule has 162 valence electrons. The second-order valence-electron chi connectivity index (χ2n) is 7.41. The van der Waals surface area contributed by atoms with Gasteiger partial charge in [0, 0.05) is 11.3 Å². The summed E-state index contributed by atoms with van der Waals surface area (Å²) in [6.45, 7) is 1.90. The van der Waals surface area contributed by atoms with E-state index in [9.17, 15) is 19.1 Å². The van der Waals surface area contributed by atoms with Gasteiger partial charge in [-0.15, -0.1) is 0 Å². The summed E-state index contributed by atoms with van der Waals surface area (Å²) in [5.41, 5.74) is 2.13. The molecule has 0 radical (unpaired) electrons. The first-order valence-corrected chi connectivity index (χ1v) is 10.2. The maximum absolute atomic E-state index is 13.8. The summed E-state index contributed by atoms with van der Waals surface area (Å²) in [5.74, 6) is -2.03. The highest BCUT2D eigenvalue weighted by molar-refractivity contribution is 6.51. The summed E-state index contributed by atoms with van der Waals surface area (Å²) in [7, 11) is 1.53. The van der Waals surface area contributed by atoms with Crippen molar-refractivity contribution in [3.8, 4) is 5.75 Å². The van der Waals surface area contributed by atoms with Crippen molar-refractivity contribution in [3.05, 3.63) is 99.8 Å². The number of amides is 1. The molecule has 32 heavy (non-hydrogen) atoms. The fraction of sp³-hybridized carbons (Fsp3) is 0.120. The average molecular weight is 452 g/mol. The Bertz CT molecular complexity index is 1240. The third-order valence-corrected chi connectivity index (χ3v) is 5.67. The molecule has 1 unspecified atom stereocenters. The molecular weight excluding hydrogens is 433 g/mol. The molecule has 0 saturated carbocycles. The van der Waals surface area contributed by atoms with E-state index >= 15 is 0 Å². The van der Waals surface area contributed by atoms with Crippen LogP contribution < -0.4 is 9.64 Å². The van der Waals surface area contributed by atoms with Gasteiger partial charge in [-0.1, -0.05) is 53.6 Å². The number of nitrogens with zero attached hydrogens (tertiary/aromatic N) is 1. The van der Waals surface area contributed by atoms with Gasteiger partial charge >= 0.3 is 0 Å². The SMILES string of the molecule is COc1ccc(C2/C(=C(\O)c3ccc(C)cc3)C(=O)C(=O)N2c2ccc(F)c(Cl)c2)cc1. The summed E-state index contributed by atoms with van der Waals surface area (Å²) in [4.78, 5) is 27.4. The van der Waals surface area contributed by atoms with E-state index in [0.29, 0.717) is 16.9 Å². The van der Waals surface area contributed by atoms with E-state index in [0.717, 1.165) is 11.6 Å². The number of methoxy groups -OCH3 is 1. The van der Waals surface area contributed by atoms with Gasteiger partial charge in [-0.25, -0.2) is 4.39 Å². The summed E-state index contributed by atoms with van der Waals surface area (Å²) in [6, 6.07) is 16.6. The summed E-state index contributed by atoms with van der Waals surface area (Å²) < 4.78 is 19.0. The Labute approximate surface area is 189 Å². The van der Waals surface area contributed by atoms with Crippen LogP contribution in [0.1, 0.15) is 22.7 Å². The fourth-order valence-electron chi connectivity index (χ4n) is 3.70. The number of carbonyl (C=O) groups is 2. The van der Waals surface area contributed by atoms with Gasteiger partial charge in [0.1, 0.15) is 17.3 Å². The Morgan fingerprint density at radius 2 is 1.69 bits per heavy atom. The first-order valence-electron chi connectivity index (χ1n) is 9.79. The molecule has 7 heteroatoms. The largest absolute Gasteiger partial charge is 0.507 e. The number of ketones is 1. The number of benzene rings is 3. The summed E-state index contributed by atoms with van der Waals surface area (Å²) >= 11 is 5.94. The summed E-state index contributed by atoms with van der Waals surface area (Å²) in [6.07, 6.45) is 0. The van der Waals surface area contributed by atoms with Crippen molar-refractivity contribution in [3.63, 3.8) is 0 Å². The highest BCUT2D eigenvalue weighted by Gasteiger charge is 2.47. The van der Waals surface area contributed by atoms with Gasteiger partial charge in [0.05, 0.1) is 23.7 Å². The zero-order chi connectivity index (χ0) is 23.0. The monoisotopic (exact) mass is 451 g/mol. The molecule has 1 aliphatic rings.